The Balaban J connectivity index is 2.53. The Morgan fingerprint density at radius 2 is 2.00 bits per heavy atom. The highest BCUT2D eigenvalue weighted by Crippen LogP contribution is 2.18. The molecule has 15 heavy (non-hydrogen) atoms. The van der Waals surface area contributed by atoms with Crippen molar-refractivity contribution in [1.29, 1.82) is 0 Å². The van der Waals surface area contributed by atoms with Gasteiger partial charge in [0.25, 0.3) is 5.91 Å². The molecule has 0 aliphatic heterocycles. The number of rotatable bonds is 1. The minimum absolute atomic E-state index is 0.231. The summed E-state index contributed by atoms with van der Waals surface area (Å²) in [5, 5.41) is 0.813. The number of nitrogens with one attached hydrogen (secondary N) is 1. The van der Waals surface area contributed by atoms with E-state index in [9.17, 15) is 4.79 Å². The van der Waals surface area contributed by atoms with Crippen molar-refractivity contribution in [2.45, 2.75) is 0 Å². The summed E-state index contributed by atoms with van der Waals surface area (Å²) in [7, 11) is 0. The van der Waals surface area contributed by atoms with Crippen molar-refractivity contribution in [3.63, 3.8) is 0 Å². The van der Waals surface area contributed by atoms with Gasteiger partial charge in [0.2, 0.25) is 0 Å². The minimum Gasteiger partial charge on any atom is -0.370 e. The zero-order valence-corrected chi connectivity index (χ0v) is 7.90. The summed E-state index contributed by atoms with van der Waals surface area (Å²) in [6.45, 7) is 0. The van der Waals surface area contributed by atoms with Gasteiger partial charge in [0, 0.05) is 17.1 Å². The fraction of sp³-hybridized carbons (Fsp3) is 0. The molecular weight excluding hydrogens is 192 g/mol. The van der Waals surface area contributed by atoms with Crippen LogP contribution in [0.1, 0.15) is 10.4 Å². The fourth-order valence-corrected chi connectivity index (χ4v) is 1.43. The van der Waals surface area contributed by atoms with Gasteiger partial charge in [-0.2, -0.15) is 4.99 Å². The van der Waals surface area contributed by atoms with E-state index in [1.54, 1.807) is 6.20 Å². The van der Waals surface area contributed by atoms with Crippen LogP contribution in [0.15, 0.2) is 35.5 Å². The summed E-state index contributed by atoms with van der Waals surface area (Å²) in [6.07, 6.45) is 1.60. The van der Waals surface area contributed by atoms with Crippen molar-refractivity contribution in [2.24, 2.45) is 16.5 Å². The van der Waals surface area contributed by atoms with E-state index in [1.165, 1.54) is 0 Å². The third kappa shape index (κ3) is 1.67. The molecule has 0 radical (unpaired) electrons. The van der Waals surface area contributed by atoms with Gasteiger partial charge in [-0.05, 0) is 6.07 Å². The number of hydrogen-bond acceptors (Lipinski definition) is 1. The van der Waals surface area contributed by atoms with E-state index in [4.69, 9.17) is 11.5 Å². The molecular formula is C10H10N4O. The Morgan fingerprint density at radius 3 is 2.73 bits per heavy atom. The first-order valence-corrected chi connectivity index (χ1v) is 4.38. The second-order valence-electron chi connectivity index (χ2n) is 3.09. The second kappa shape index (κ2) is 3.45. The van der Waals surface area contributed by atoms with Gasteiger partial charge in [0.05, 0.1) is 5.56 Å². The molecule has 0 saturated carbocycles. The summed E-state index contributed by atoms with van der Waals surface area (Å²) in [5.74, 6) is -0.669. The molecule has 0 spiro atoms. The van der Waals surface area contributed by atoms with E-state index in [2.05, 4.69) is 9.98 Å². The van der Waals surface area contributed by atoms with Crippen molar-refractivity contribution in [3.05, 3.63) is 36.0 Å². The van der Waals surface area contributed by atoms with Gasteiger partial charge in [-0.1, -0.05) is 18.2 Å². The quantitative estimate of drug-likeness (QED) is 0.466. The zero-order chi connectivity index (χ0) is 10.8. The minimum atomic E-state index is -0.438. The molecule has 1 aromatic carbocycles. The molecule has 5 N–H and O–H groups in total. The third-order valence-corrected chi connectivity index (χ3v) is 2.05. The Kier molecular flexibility index (Phi) is 2.13. The highest BCUT2D eigenvalue weighted by Gasteiger charge is 2.10. The molecule has 76 valence electrons. The number of aromatic nitrogens is 1. The van der Waals surface area contributed by atoms with Crippen LogP contribution in [-0.4, -0.2) is 16.9 Å². The molecule has 0 fully saturated rings. The molecule has 1 aromatic heterocycles. The highest BCUT2D eigenvalue weighted by molar-refractivity contribution is 6.10. The van der Waals surface area contributed by atoms with Gasteiger partial charge < -0.3 is 16.5 Å². The Bertz CT molecular complexity index is 537. The average Bonchev–Trinajstić information content (AvgIpc) is 2.59. The topological polar surface area (TPSA) is 97.3 Å². The molecule has 2 rings (SSSR count). The zero-order valence-electron chi connectivity index (χ0n) is 7.90. The van der Waals surface area contributed by atoms with Crippen LogP contribution in [0.4, 0.5) is 0 Å². The molecule has 0 unspecified atom stereocenters. The van der Waals surface area contributed by atoms with E-state index >= 15 is 0 Å². The van der Waals surface area contributed by atoms with Gasteiger partial charge >= 0.3 is 0 Å². The molecule has 2 aromatic rings. The number of carbonyl (C=O) groups excluding carboxylic acids is 1. The number of H-pyrrole nitrogens is 1. The number of nitrogens with zero attached hydrogens (tertiary/aromatic N) is 1. The first kappa shape index (κ1) is 9.26. The lowest BCUT2D eigenvalue weighted by Crippen LogP contribution is -2.24. The number of para-hydroxylation sites is 1. The summed E-state index contributed by atoms with van der Waals surface area (Å²) < 4.78 is 0. The predicted octanol–water partition coefficient (Wildman–Crippen LogP) is 0.582. The van der Waals surface area contributed by atoms with Gasteiger partial charge in [-0.3, -0.25) is 4.79 Å². The first-order valence-electron chi connectivity index (χ1n) is 4.38. The number of nitrogens with two attached hydrogens (primary N) is 2. The average molecular weight is 202 g/mol. The summed E-state index contributed by atoms with van der Waals surface area (Å²) in [6, 6.07) is 7.44. The van der Waals surface area contributed by atoms with Crippen LogP contribution in [0.3, 0.4) is 0 Å². The molecule has 1 heterocycles. The third-order valence-electron chi connectivity index (χ3n) is 2.05. The van der Waals surface area contributed by atoms with Crippen LogP contribution in [0, 0.1) is 0 Å². The summed E-state index contributed by atoms with van der Waals surface area (Å²) in [4.78, 5) is 18.0. The largest absolute Gasteiger partial charge is 0.370 e. The number of amides is 1. The maximum Gasteiger partial charge on any atom is 0.282 e. The van der Waals surface area contributed by atoms with Crippen molar-refractivity contribution < 1.29 is 4.79 Å². The normalized spacial score (nSPS) is 10.1. The van der Waals surface area contributed by atoms with Crippen LogP contribution in [0.2, 0.25) is 0 Å². The van der Waals surface area contributed by atoms with Crippen LogP contribution >= 0.6 is 0 Å². The van der Waals surface area contributed by atoms with Gasteiger partial charge in [0.15, 0.2) is 5.96 Å². The lowest BCUT2D eigenvalue weighted by Gasteiger charge is -1.93. The number of hydrogen-bond donors (Lipinski definition) is 3. The molecule has 5 heteroatoms. The van der Waals surface area contributed by atoms with Crippen molar-refractivity contribution >= 4 is 22.8 Å². The standard InChI is InChI=1S/C10H10N4O/c11-10(12)14-9(15)7-5-13-8-4-2-1-3-6(7)8/h1-5,13H,(H4,11,12,14,15). The number of aliphatic imine (C=N–C) groups is 1. The lowest BCUT2D eigenvalue weighted by atomic mass is 10.2. The first-order chi connectivity index (χ1) is 7.18. The van der Waals surface area contributed by atoms with E-state index in [0.29, 0.717) is 5.56 Å². The highest BCUT2D eigenvalue weighted by atomic mass is 16.1. The van der Waals surface area contributed by atoms with Crippen LogP contribution < -0.4 is 11.5 Å². The summed E-state index contributed by atoms with van der Waals surface area (Å²) >= 11 is 0. The van der Waals surface area contributed by atoms with Crippen LogP contribution in [-0.2, 0) is 0 Å². The Morgan fingerprint density at radius 1 is 1.27 bits per heavy atom. The molecule has 0 aliphatic rings. The monoisotopic (exact) mass is 202 g/mol. The Labute approximate surface area is 85.8 Å². The van der Waals surface area contributed by atoms with E-state index < -0.39 is 5.91 Å². The molecule has 0 saturated heterocycles. The van der Waals surface area contributed by atoms with E-state index in [0.717, 1.165) is 10.9 Å². The number of guanidine groups is 1. The van der Waals surface area contributed by atoms with Crippen molar-refractivity contribution in [2.75, 3.05) is 0 Å². The fourth-order valence-electron chi connectivity index (χ4n) is 1.43. The molecule has 5 nitrogen and oxygen atoms in total. The van der Waals surface area contributed by atoms with Gasteiger partial charge in [-0.15, -0.1) is 0 Å². The van der Waals surface area contributed by atoms with Crippen molar-refractivity contribution in [1.82, 2.24) is 4.98 Å². The summed E-state index contributed by atoms with van der Waals surface area (Å²) in [5.41, 5.74) is 11.6. The van der Waals surface area contributed by atoms with Crippen LogP contribution in [0.5, 0.6) is 0 Å². The predicted molar refractivity (Wildman–Crippen MR) is 58.4 cm³/mol. The number of fused-ring (bicyclic) bond motifs is 1. The van der Waals surface area contributed by atoms with Gasteiger partial charge in [0.1, 0.15) is 0 Å². The number of carbonyl (C=O) groups is 1. The smallest absolute Gasteiger partial charge is 0.282 e. The van der Waals surface area contributed by atoms with E-state index in [1.807, 2.05) is 24.3 Å². The molecule has 0 bridgehead atoms. The van der Waals surface area contributed by atoms with Crippen LogP contribution in [0.25, 0.3) is 10.9 Å². The van der Waals surface area contributed by atoms with Crippen molar-refractivity contribution in [3.8, 4) is 0 Å². The molecule has 0 atom stereocenters. The lowest BCUT2D eigenvalue weighted by molar-refractivity contribution is 0.100. The molecule has 0 aliphatic carbocycles. The Hall–Kier alpha value is -2.30. The SMILES string of the molecule is NC(N)=NC(=O)c1c[nH]c2ccccc12. The number of aromatic amines is 1. The number of benzene rings is 1. The molecule has 1 amide bonds. The van der Waals surface area contributed by atoms with E-state index in [-0.39, 0.29) is 5.96 Å². The maximum absolute atomic E-state index is 11.6. The van der Waals surface area contributed by atoms with Gasteiger partial charge in [-0.25, -0.2) is 0 Å². The maximum atomic E-state index is 11.6. The second-order valence-corrected chi connectivity index (χ2v) is 3.09.